The number of hydrogen-bond acceptors (Lipinski definition) is 3. The second kappa shape index (κ2) is 7.20. The Labute approximate surface area is 181 Å². The van der Waals surface area contributed by atoms with Gasteiger partial charge < -0.3 is 15.4 Å². The Kier molecular flexibility index (Phi) is 4.59. The molecule has 2 aromatic carbocycles. The Balaban J connectivity index is 1.66. The summed E-state index contributed by atoms with van der Waals surface area (Å²) in [6.45, 7) is 5.90. The highest BCUT2D eigenvalue weighted by atomic mass is 16.3. The summed E-state index contributed by atoms with van der Waals surface area (Å²) in [6.07, 6.45) is 1.75. The van der Waals surface area contributed by atoms with Gasteiger partial charge >= 0.3 is 0 Å². The van der Waals surface area contributed by atoms with E-state index in [1.165, 1.54) is 6.92 Å². The number of amides is 1. The van der Waals surface area contributed by atoms with Crippen LogP contribution in [0.4, 0.5) is 5.69 Å². The average Bonchev–Trinajstić information content (AvgIpc) is 3.08. The highest BCUT2D eigenvalue weighted by Gasteiger charge is 2.35. The summed E-state index contributed by atoms with van der Waals surface area (Å²) >= 11 is 0. The van der Waals surface area contributed by atoms with Gasteiger partial charge in [-0.3, -0.25) is 9.78 Å². The van der Waals surface area contributed by atoms with Gasteiger partial charge in [0.25, 0.3) is 0 Å². The lowest BCUT2D eigenvalue weighted by Crippen LogP contribution is -2.27. The summed E-state index contributed by atoms with van der Waals surface area (Å²) in [6, 6.07) is 16.2. The summed E-state index contributed by atoms with van der Waals surface area (Å²) in [4.78, 5) is 19.9. The van der Waals surface area contributed by atoms with Crippen LogP contribution in [0.15, 0.2) is 48.5 Å². The fraction of sp³-hybridized carbons (Fsp3) is 0.308. The fourth-order valence-electron chi connectivity index (χ4n) is 4.94. The summed E-state index contributed by atoms with van der Waals surface area (Å²) in [5.41, 5.74) is 6.96. The Hall–Kier alpha value is -3.18. The first kappa shape index (κ1) is 19.8. The number of aromatic amines is 1. The van der Waals surface area contributed by atoms with Gasteiger partial charge in [-0.25, -0.2) is 0 Å². The summed E-state index contributed by atoms with van der Waals surface area (Å²) in [5.74, 6) is -0.0786. The number of aromatic nitrogens is 2. The lowest BCUT2D eigenvalue weighted by molar-refractivity contribution is -0.114. The van der Waals surface area contributed by atoms with Crippen LogP contribution in [0.25, 0.3) is 21.8 Å². The summed E-state index contributed by atoms with van der Waals surface area (Å²) in [5, 5.41) is 16.1. The van der Waals surface area contributed by atoms with E-state index in [2.05, 4.69) is 36.3 Å². The van der Waals surface area contributed by atoms with Crippen molar-refractivity contribution in [2.75, 3.05) is 5.32 Å². The van der Waals surface area contributed by atoms with Crippen LogP contribution in [0.3, 0.4) is 0 Å². The van der Waals surface area contributed by atoms with Crippen molar-refractivity contribution in [1.82, 2.24) is 9.97 Å². The number of rotatable bonds is 3. The average molecular weight is 414 g/mol. The lowest BCUT2D eigenvalue weighted by Gasteiger charge is -2.34. The number of H-pyrrole nitrogens is 1. The molecule has 0 aliphatic heterocycles. The maximum absolute atomic E-state index is 11.3. The SMILES string of the molecule is CC(=O)Nc1ccc(Cc2nc3c(c4c2[nH]c2ccccc24)C(O)CC(C)(C)C3)cc1. The number of hydrogen-bond donors (Lipinski definition) is 3. The molecule has 3 N–H and O–H groups in total. The van der Waals surface area contributed by atoms with Gasteiger partial charge in [0.2, 0.25) is 5.91 Å². The minimum absolute atomic E-state index is 0.0104. The molecular weight excluding hydrogens is 386 g/mol. The number of pyridine rings is 1. The summed E-state index contributed by atoms with van der Waals surface area (Å²) < 4.78 is 0. The minimum Gasteiger partial charge on any atom is -0.388 e. The molecule has 0 fully saturated rings. The van der Waals surface area contributed by atoms with Gasteiger partial charge in [-0.05, 0) is 42.0 Å². The maximum atomic E-state index is 11.3. The molecular formula is C26H27N3O2. The van der Waals surface area contributed by atoms with Crippen LogP contribution in [-0.2, 0) is 17.6 Å². The van der Waals surface area contributed by atoms with E-state index in [0.29, 0.717) is 6.42 Å². The van der Waals surface area contributed by atoms with E-state index in [-0.39, 0.29) is 11.3 Å². The van der Waals surface area contributed by atoms with Gasteiger partial charge in [-0.15, -0.1) is 0 Å². The third-order valence-corrected chi connectivity index (χ3v) is 6.22. The molecule has 1 aliphatic carbocycles. The van der Waals surface area contributed by atoms with Gasteiger partial charge in [0.1, 0.15) is 0 Å². The van der Waals surface area contributed by atoms with Crippen molar-refractivity contribution in [3.63, 3.8) is 0 Å². The number of nitrogens with zero attached hydrogens (tertiary/aromatic N) is 1. The molecule has 5 rings (SSSR count). The molecule has 5 nitrogen and oxygen atoms in total. The molecule has 1 amide bonds. The maximum Gasteiger partial charge on any atom is 0.221 e. The van der Waals surface area contributed by atoms with Gasteiger partial charge in [0.05, 0.1) is 17.3 Å². The Morgan fingerprint density at radius 1 is 1.19 bits per heavy atom. The van der Waals surface area contributed by atoms with Crippen LogP contribution in [0.2, 0.25) is 0 Å². The van der Waals surface area contributed by atoms with Gasteiger partial charge in [0, 0.05) is 46.6 Å². The molecule has 1 unspecified atom stereocenters. The quantitative estimate of drug-likeness (QED) is 0.428. The number of nitrogens with one attached hydrogen (secondary N) is 2. The van der Waals surface area contributed by atoms with E-state index < -0.39 is 6.10 Å². The van der Waals surface area contributed by atoms with Crippen molar-refractivity contribution < 1.29 is 9.90 Å². The second-order valence-corrected chi connectivity index (χ2v) is 9.46. The van der Waals surface area contributed by atoms with E-state index in [1.54, 1.807) is 0 Å². The zero-order valence-electron chi connectivity index (χ0n) is 18.1. The molecule has 2 aromatic heterocycles. The molecule has 0 bridgehead atoms. The number of fused-ring (bicyclic) bond motifs is 5. The highest BCUT2D eigenvalue weighted by Crippen LogP contribution is 2.45. The molecule has 0 spiro atoms. The first-order valence-corrected chi connectivity index (χ1v) is 10.8. The van der Waals surface area contributed by atoms with Crippen molar-refractivity contribution in [3.8, 4) is 0 Å². The Bertz CT molecular complexity index is 1300. The van der Waals surface area contributed by atoms with Crippen molar-refractivity contribution in [3.05, 3.63) is 71.0 Å². The number of aliphatic hydroxyl groups excluding tert-OH is 1. The van der Waals surface area contributed by atoms with Crippen molar-refractivity contribution in [1.29, 1.82) is 0 Å². The van der Waals surface area contributed by atoms with Crippen LogP contribution >= 0.6 is 0 Å². The summed E-state index contributed by atoms with van der Waals surface area (Å²) in [7, 11) is 0. The van der Waals surface area contributed by atoms with E-state index in [4.69, 9.17) is 4.98 Å². The van der Waals surface area contributed by atoms with Crippen molar-refractivity contribution >= 4 is 33.4 Å². The molecule has 2 heterocycles. The molecule has 31 heavy (non-hydrogen) atoms. The first-order valence-electron chi connectivity index (χ1n) is 10.8. The lowest BCUT2D eigenvalue weighted by atomic mass is 9.74. The van der Waals surface area contributed by atoms with Crippen molar-refractivity contribution in [2.24, 2.45) is 5.41 Å². The van der Waals surface area contributed by atoms with E-state index in [0.717, 1.165) is 62.8 Å². The number of carbonyl (C=O) groups excluding carboxylic acids is 1. The van der Waals surface area contributed by atoms with Crippen LogP contribution in [0, 0.1) is 5.41 Å². The number of anilines is 1. The number of benzene rings is 2. The van der Waals surface area contributed by atoms with Crippen LogP contribution in [0.5, 0.6) is 0 Å². The van der Waals surface area contributed by atoms with Crippen LogP contribution in [-0.4, -0.2) is 21.0 Å². The van der Waals surface area contributed by atoms with E-state index in [9.17, 15) is 9.90 Å². The zero-order chi connectivity index (χ0) is 21.8. The van der Waals surface area contributed by atoms with E-state index >= 15 is 0 Å². The Morgan fingerprint density at radius 3 is 2.68 bits per heavy atom. The van der Waals surface area contributed by atoms with Crippen molar-refractivity contribution in [2.45, 2.75) is 46.1 Å². The minimum atomic E-state index is -0.515. The Morgan fingerprint density at radius 2 is 1.94 bits per heavy atom. The first-order chi connectivity index (χ1) is 14.8. The number of para-hydroxylation sites is 1. The standard InChI is InChI=1S/C26H27N3O2/c1-15(30)27-17-10-8-16(9-11-17)12-20-25-23(18-6-4-5-7-19(18)29-25)24-21(28-20)13-26(2,3)14-22(24)31/h4-11,22,29,31H,12-14H2,1-3H3,(H,27,30). The topological polar surface area (TPSA) is 78.0 Å². The smallest absolute Gasteiger partial charge is 0.221 e. The highest BCUT2D eigenvalue weighted by molar-refractivity contribution is 6.10. The predicted molar refractivity (Wildman–Crippen MR) is 124 cm³/mol. The number of aliphatic hydroxyl groups is 1. The normalized spacial score (nSPS) is 17.6. The van der Waals surface area contributed by atoms with Crippen LogP contribution < -0.4 is 5.32 Å². The molecule has 0 radical (unpaired) electrons. The van der Waals surface area contributed by atoms with Gasteiger partial charge in [-0.2, -0.15) is 0 Å². The predicted octanol–water partition coefficient (Wildman–Crippen LogP) is 5.27. The monoisotopic (exact) mass is 413 g/mol. The third kappa shape index (κ3) is 3.59. The number of carbonyl (C=O) groups is 1. The molecule has 0 saturated heterocycles. The zero-order valence-corrected chi connectivity index (χ0v) is 18.1. The van der Waals surface area contributed by atoms with Gasteiger partial charge in [0.15, 0.2) is 0 Å². The molecule has 1 aliphatic rings. The van der Waals surface area contributed by atoms with E-state index in [1.807, 2.05) is 36.4 Å². The largest absolute Gasteiger partial charge is 0.388 e. The van der Waals surface area contributed by atoms with Crippen LogP contribution in [0.1, 0.15) is 55.8 Å². The molecule has 4 aromatic rings. The fourth-order valence-corrected chi connectivity index (χ4v) is 4.94. The second-order valence-electron chi connectivity index (χ2n) is 9.46. The third-order valence-electron chi connectivity index (χ3n) is 6.22. The van der Waals surface area contributed by atoms with Gasteiger partial charge in [-0.1, -0.05) is 44.2 Å². The molecule has 1 atom stereocenters. The molecule has 5 heteroatoms. The molecule has 0 saturated carbocycles. The molecule has 158 valence electrons.